The molecule has 0 aliphatic heterocycles. The molecule has 0 spiro atoms. The highest BCUT2D eigenvalue weighted by atomic mass is 16.3. The van der Waals surface area contributed by atoms with Gasteiger partial charge in [-0.05, 0) is 93.7 Å². The lowest BCUT2D eigenvalue weighted by atomic mass is 9.93. The standard InChI is InChI=1S/C50H30N2O2/c1-2-12-32(13-3-1)50-51-44(30-45(52-50)39-18-10-14-31-11-4-5-15-38(31)39)37-26-35(33-21-23-42-40-16-6-8-19-46(40)53-48(42)28-33)25-36(27-37)34-22-24-43-41-17-7-9-20-47(41)54-49(43)29-34/h1-30H. The Hall–Kier alpha value is -7.30. The van der Waals surface area contributed by atoms with E-state index in [4.69, 9.17) is 18.8 Å². The normalized spacial score (nSPS) is 11.7. The van der Waals surface area contributed by atoms with Crippen molar-refractivity contribution in [2.75, 3.05) is 0 Å². The van der Waals surface area contributed by atoms with Gasteiger partial charge in [0.05, 0.1) is 11.4 Å². The molecule has 0 atom stereocenters. The summed E-state index contributed by atoms with van der Waals surface area (Å²) >= 11 is 0. The van der Waals surface area contributed by atoms with Crippen LogP contribution in [0.25, 0.3) is 111 Å². The summed E-state index contributed by atoms with van der Waals surface area (Å²) in [4.78, 5) is 10.4. The summed E-state index contributed by atoms with van der Waals surface area (Å²) in [5.74, 6) is 0.676. The summed E-state index contributed by atoms with van der Waals surface area (Å²) in [6.07, 6.45) is 0. The van der Waals surface area contributed by atoms with Crippen molar-refractivity contribution in [3.05, 3.63) is 182 Å². The summed E-state index contributed by atoms with van der Waals surface area (Å²) in [6, 6.07) is 63.3. The second-order valence-electron chi connectivity index (χ2n) is 13.8. The van der Waals surface area contributed by atoms with Gasteiger partial charge in [-0.2, -0.15) is 0 Å². The SMILES string of the molecule is c1ccc(-c2nc(-c3cc(-c4ccc5c(c4)oc4ccccc45)cc(-c4ccc5c(c4)oc4ccccc45)c3)cc(-c3cccc4ccccc34)n2)cc1. The van der Waals surface area contributed by atoms with Gasteiger partial charge in [0, 0.05) is 38.2 Å². The Morgan fingerprint density at radius 3 is 1.48 bits per heavy atom. The largest absolute Gasteiger partial charge is 0.456 e. The monoisotopic (exact) mass is 690 g/mol. The molecule has 252 valence electrons. The Kier molecular flexibility index (Phi) is 6.82. The Labute approximate surface area is 310 Å². The fourth-order valence-corrected chi connectivity index (χ4v) is 7.82. The van der Waals surface area contributed by atoms with Crippen LogP contribution in [0.2, 0.25) is 0 Å². The molecule has 0 aliphatic rings. The molecule has 0 bridgehead atoms. The van der Waals surface area contributed by atoms with E-state index < -0.39 is 0 Å². The van der Waals surface area contributed by atoms with Crippen LogP contribution >= 0.6 is 0 Å². The number of benzene rings is 8. The van der Waals surface area contributed by atoms with Crippen LogP contribution in [0.15, 0.2) is 191 Å². The Balaban J connectivity index is 1.15. The minimum Gasteiger partial charge on any atom is -0.456 e. The fourth-order valence-electron chi connectivity index (χ4n) is 7.82. The third kappa shape index (κ3) is 5.07. The summed E-state index contributed by atoms with van der Waals surface area (Å²) < 4.78 is 12.7. The van der Waals surface area contributed by atoms with Gasteiger partial charge in [0.15, 0.2) is 5.82 Å². The molecule has 3 aromatic heterocycles. The van der Waals surface area contributed by atoms with Crippen LogP contribution in [0.4, 0.5) is 0 Å². The fraction of sp³-hybridized carbons (Fsp3) is 0. The lowest BCUT2D eigenvalue weighted by Gasteiger charge is -2.14. The van der Waals surface area contributed by atoms with Gasteiger partial charge in [-0.15, -0.1) is 0 Å². The molecule has 0 aliphatic carbocycles. The van der Waals surface area contributed by atoms with Crippen LogP contribution in [-0.2, 0) is 0 Å². The van der Waals surface area contributed by atoms with Gasteiger partial charge in [-0.25, -0.2) is 9.97 Å². The molecule has 11 rings (SSSR count). The number of para-hydroxylation sites is 2. The first kappa shape index (κ1) is 30.3. The average molecular weight is 691 g/mol. The van der Waals surface area contributed by atoms with Gasteiger partial charge in [0.2, 0.25) is 0 Å². The number of hydrogen-bond acceptors (Lipinski definition) is 4. The van der Waals surface area contributed by atoms with Gasteiger partial charge >= 0.3 is 0 Å². The van der Waals surface area contributed by atoms with E-state index in [0.717, 1.165) is 99.6 Å². The second kappa shape index (κ2) is 12.1. The first-order valence-electron chi connectivity index (χ1n) is 18.1. The van der Waals surface area contributed by atoms with Crippen molar-refractivity contribution >= 4 is 54.6 Å². The molecule has 0 unspecified atom stereocenters. The van der Waals surface area contributed by atoms with Crippen LogP contribution < -0.4 is 0 Å². The molecule has 0 N–H and O–H groups in total. The number of aromatic nitrogens is 2. The lowest BCUT2D eigenvalue weighted by molar-refractivity contribution is 0.668. The Morgan fingerprint density at radius 2 is 0.815 bits per heavy atom. The number of hydrogen-bond donors (Lipinski definition) is 0. The zero-order valence-corrected chi connectivity index (χ0v) is 29.0. The average Bonchev–Trinajstić information content (AvgIpc) is 3.81. The van der Waals surface area contributed by atoms with E-state index in [1.165, 1.54) is 5.39 Å². The predicted molar refractivity (Wildman–Crippen MR) is 221 cm³/mol. The van der Waals surface area contributed by atoms with Crippen LogP contribution in [0.5, 0.6) is 0 Å². The molecule has 4 nitrogen and oxygen atoms in total. The summed E-state index contributed by atoms with van der Waals surface area (Å²) in [6.45, 7) is 0. The molecule has 3 heterocycles. The zero-order chi connectivity index (χ0) is 35.6. The van der Waals surface area contributed by atoms with E-state index in [1.54, 1.807) is 0 Å². The first-order chi connectivity index (χ1) is 26.7. The number of fused-ring (bicyclic) bond motifs is 7. The molecule has 0 saturated carbocycles. The van der Waals surface area contributed by atoms with Gasteiger partial charge in [0.25, 0.3) is 0 Å². The maximum absolute atomic E-state index is 6.35. The minimum atomic E-state index is 0.676. The Bertz CT molecular complexity index is 3090. The van der Waals surface area contributed by atoms with Gasteiger partial charge in [0.1, 0.15) is 22.3 Å². The molecule has 0 radical (unpaired) electrons. The first-order valence-corrected chi connectivity index (χ1v) is 18.1. The van der Waals surface area contributed by atoms with Crippen LogP contribution in [0.1, 0.15) is 0 Å². The molecular weight excluding hydrogens is 661 g/mol. The smallest absolute Gasteiger partial charge is 0.160 e. The van der Waals surface area contributed by atoms with Crippen molar-refractivity contribution in [3.8, 4) is 56.2 Å². The maximum atomic E-state index is 6.35. The zero-order valence-electron chi connectivity index (χ0n) is 29.0. The highest BCUT2D eigenvalue weighted by Crippen LogP contribution is 2.39. The van der Waals surface area contributed by atoms with Crippen molar-refractivity contribution in [2.24, 2.45) is 0 Å². The maximum Gasteiger partial charge on any atom is 0.160 e. The van der Waals surface area contributed by atoms with Crippen LogP contribution in [0.3, 0.4) is 0 Å². The second-order valence-corrected chi connectivity index (χ2v) is 13.8. The minimum absolute atomic E-state index is 0.676. The van der Waals surface area contributed by atoms with Crippen LogP contribution in [-0.4, -0.2) is 9.97 Å². The molecule has 0 amide bonds. The van der Waals surface area contributed by atoms with E-state index in [0.29, 0.717) is 5.82 Å². The van der Waals surface area contributed by atoms with Crippen molar-refractivity contribution in [3.63, 3.8) is 0 Å². The number of rotatable bonds is 5. The third-order valence-corrected chi connectivity index (χ3v) is 10.5. The predicted octanol–water partition coefficient (Wildman–Crippen LogP) is 13.8. The highest BCUT2D eigenvalue weighted by molar-refractivity contribution is 6.07. The molecule has 0 fully saturated rings. The molecule has 0 saturated heterocycles. The topological polar surface area (TPSA) is 52.1 Å². The van der Waals surface area contributed by atoms with Crippen LogP contribution in [0, 0.1) is 0 Å². The molecule has 8 aromatic carbocycles. The lowest BCUT2D eigenvalue weighted by Crippen LogP contribution is -1.97. The quantitative estimate of drug-likeness (QED) is 0.180. The van der Waals surface area contributed by atoms with Crippen molar-refractivity contribution < 1.29 is 8.83 Å². The highest BCUT2D eigenvalue weighted by Gasteiger charge is 2.17. The van der Waals surface area contributed by atoms with Gasteiger partial charge < -0.3 is 8.83 Å². The Morgan fingerprint density at radius 1 is 0.296 bits per heavy atom. The van der Waals surface area contributed by atoms with Gasteiger partial charge in [-0.1, -0.05) is 121 Å². The number of nitrogens with zero attached hydrogens (tertiary/aromatic N) is 2. The summed E-state index contributed by atoms with van der Waals surface area (Å²) in [5, 5.41) is 6.75. The summed E-state index contributed by atoms with van der Waals surface area (Å²) in [5.41, 5.74) is 12.4. The van der Waals surface area contributed by atoms with E-state index in [1.807, 2.05) is 42.5 Å². The van der Waals surface area contributed by atoms with E-state index in [-0.39, 0.29) is 0 Å². The van der Waals surface area contributed by atoms with E-state index >= 15 is 0 Å². The summed E-state index contributed by atoms with van der Waals surface area (Å²) in [7, 11) is 0. The van der Waals surface area contributed by atoms with Crippen molar-refractivity contribution in [2.45, 2.75) is 0 Å². The van der Waals surface area contributed by atoms with Gasteiger partial charge in [-0.3, -0.25) is 0 Å². The van der Waals surface area contributed by atoms with E-state index in [2.05, 4.69) is 140 Å². The molecule has 11 aromatic rings. The molecule has 4 heteroatoms. The number of furan rings is 2. The third-order valence-electron chi connectivity index (χ3n) is 10.5. The van der Waals surface area contributed by atoms with E-state index in [9.17, 15) is 0 Å². The molecular formula is C50H30N2O2. The van der Waals surface area contributed by atoms with Crippen molar-refractivity contribution in [1.82, 2.24) is 9.97 Å². The van der Waals surface area contributed by atoms with Crippen molar-refractivity contribution in [1.29, 1.82) is 0 Å². The molecule has 54 heavy (non-hydrogen) atoms.